The van der Waals surface area contributed by atoms with Crippen LogP contribution in [0.15, 0.2) is 28.8 Å². The van der Waals surface area contributed by atoms with Crippen molar-refractivity contribution in [1.29, 1.82) is 0 Å². The number of rotatable bonds is 2. The minimum Gasteiger partial charge on any atom is -0.339 e. The maximum Gasteiger partial charge on any atom is 0.229 e. The zero-order valence-corrected chi connectivity index (χ0v) is 11.5. The van der Waals surface area contributed by atoms with Gasteiger partial charge in [0, 0.05) is 12.0 Å². The van der Waals surface area contributed by atoms with Crippen LogP contribution in [0.3, 0.4) is 0 Å². The maximum atomic E-state index is 5.95. The van der Waals surface area contributed by atoms with Gasteiger partial charge in [-0.3, -0.25) is 0 Å². The van der Waals surface area contributed by atoms with Gasteiger partial charge in [0.25, 0.3) is 0 Å². The monoisotopic (exact) mass is 269 g/mol. The summed E-state index contributed by atoms with van der Waals surface area (Å²) in [7, 11) is 0. The molecule has 4 rings (SSSR count). The normalized spacial score (nSPS) is 28.8. The zero-order valence-electron chi connectivity index (χ0n) is 11.5. The second-order valence-electron chi connectivity index (χ2n) is 6.06. The number of aromatic nitrogens is 2. The second kappa shape index (κ2) is 4.70. The molecule has 20 heavy (non-hydrogen) atoms. The lowest BCUT2D eigenvalue weighted by Crippen LogP contribution is -2.25. The van der Waals surface area contributed by atoms with Gasteiger partial charge in [-0.15, -0.1) is 0 Å². The van der Waals surface area contributed by atoms with E-state index in [0.29, 0.717) is 17.9 Å². The minimum atomic E-state index is 0.328. The molecule has 1 aromatic heterocycles. The van der Waals surface area contributed by atoms with Gasteiger partial charge < -0.3 is 10.3 Å². The predicted octanol–water partition coefficient (Wildman–Crippen LogP) is 2.74. The molecule has 0 saturated heterocycles. The van der Waals surface area contributed by atoms with Gasteiger partial charge in [0.2, 0.25) is 5.89 Å². The SMILES string of the molecule is NC1CCC(c2nc(C3Cc4ccccc43)no2)CC1. The summed E-state index contributed by atoms with van der Waals surface area (Å²) in [5, 5.41) is 4.21. The third-order valence-electron chi connectivity index (χ3n) is 4.74. The predicted molar refractivity (Wildman–Crippen MR) is 75.5 cm³/mol. The second-order valence-corrected chi connectivity index (χ2v) is 6.06. The van der Waals surface area contributed by atoms with Crippen molar-refractivity contribution < 1.29 is 4.52 Å². The molecule has 1 unspecified atom stereocenters. The number of hydrogen-bond donors (Lipinski definition) is 1. The van der Waals surface area contributed by atoms with Gasteiger partial charge in [-0.2, -0.15) is 4.98 Å². The van der Waals surface area contributed by atoms with E-state index in [-0.39, 0.29) is 0 Å². The maximum absolute atomic E-state index is 5.95. The Morgan fingerprint density at radius 2 is 1.90 bits per heavy atom. The molecule has 104 valence electrons. The first-order valence-electron chi connectivity index (χ1n) is 7.48. The Morgan fingerprint density at radius 3 is 2.70 bits per heavy atom. The van der Waals surface area contributed by atoms with E-state index in [0.717, 1.165) is 43.8 Å². The van der Waals surface area contributed by atoms with Crippen LogP contribution in [-0.4, -0.2) is 16.2 Å². The molecule has 1 atom stereocenters. The van der Waals surface area contributed by atoms with E-state index in [1.807, 2.05) is 0 Å². The van der Waals surface area contributed by atoms with Crippen LogP contribution >= 0.6 is 0 Å². The summed E-state index contributed by atoms with van der Waals surface area (Å²) < 4.78 is 5.51. The van der Waals surface area contributed by atoms with Crippen LogP contribution in [0.1, 0.15) is 60.4 Å². The van der Waals surface area contributed by atoms with Crippen molar-refractivity contribution in [2.24, 2.45) is 5.73 Å². The molecule has 0 radical (unpaired) electrons. The molecule has 0 spiro atoms. The van der Waals surface area contributed by atoms with Crippen molar-refractivity contribution >= 4 is 0 Å². The summed E-state index contributed by atoms with van der Waals surface area (Å²) in [4.78, 5) is 4.66. The van der Waals surface area contributed by atoms with Gasteiger partial charge in [0.1, 0.15) is 0 Å². The van der Waals surface area contributed by atoms with Crippen LogP contribution in [0, 0.1) is 0 Å². The quantitative estimate of drug-likeness (QED) is 0.910. The highest BCUT2D eigenvalue weighted by atomic mass is 16.5. The Bertz CT molecular complexity index is 614. The van der Waals surface area contributed by atoms with Crippen molar-refractivity contribution in [2.45, 2.75) is 50.0 Å². The third kappa shape index (κ3) is 1.95. The van der Waals surface area contributed by atoms with Crippen LogP contribution in [0.25, 0.3) is 0 Å². The third-order valence-corrected chi connectivity index (χ3v) is 4.74. The summed E-state index contributed by atoms with van der Waals surface area (Å²) in [6.45, 7) is 0. The largest absolute Gasteiger partial charge is 0.339 e. The van der Waals surface area contributed by atoms with Gasteiger partial charge in [-0.25, -0.2) is 0 Å². The fraction of sp³-hybridized carbons (Fsp3) is 0.500. The first-order valence-corrected chi connectivity index (χ1v) is 7.48. The van der Waals surface area contributed by atoms with Crippen molar-refractivity contribution in [3.05, 3.63) is 47.1 Å². The smallest absolute Gasteiger partial charge is 0.229 e. The molecule has 1 fully saturated rings. The summed E-state index contributed by atoms with van der Waals surface area (Å²) in [5.74, 6) is 2.41. The Balaban J connectivity index is 1.52. The number of nitrogens with two attached hydrogens (primary N) is 1. The van der Waals surface area contributed by atoms with E-state index in [4.69, 9.17) is 10.3 Å². The van der Waals surface area contributed by atoms with E-state index >= 15 is 0 Å². The average Bonchev–Trinajstić information content (AvgIpc) is 2.90. The summed E-state index contributed by atoms with van der Waals surface area (Å²) >= 11 is 0. The number of fused-ring (bicyclic) bond motifs is 1. The average molecular weight is 269 g/mol. The van der Waals surface area contributed by atoms with Crippen LogP contribution in [0.5, 0.6) is 0 Å². The fourth-order valence-electron chi connectivity index (χ4n) is 3.41. The van der Waals surface area contributed by atoms with Gasteiger partial charge in [0.15, 0.2) is 5.82 Å². The Kier molecular flexibility index (Phi) is 2.84. The van der Waals surface area contributed by atoms with E-state index in [1.165, 1.54) is 11.1 Å². The molecule has 0 aliphatic heterocycles. The van der Waals surface area contributed by atoms with Crippen molar-refractivity contribution in [1.82, 2.24) is 10.1 Å². The van der Waals surface area contributed by atoms with Gasteiger partial charge in [-0.1, -0.05) is 29.4 Å². The highest BCUT2D eigenvalue weighted by Gasteiger charge is 2.32. The first kappa shape index (κ1) is 12.1. The zero-order chi connectivity index (χ0) is 13.5. The van der Waals surface area contributed by atoms with Gasteiger partial charge >= 0.3 is 0 Å². The van der Waals surface area contributed by atoms with Gasteiger partial charge in [-0.05, 0) is 43.2 Å². The van der Waals surface area contributed by atoms with Crippen LogP contribution in [-0.2, 0) is 6.42 Å². The summed E-state index contributed by atoms with van der Waals surface area (Å²) in [6, 6.07) is 8.86. The molecular formula is C16H19N3O. The highest BCUT2D eigenvalue weighted by molar-refractivity contribution is 5.43. The molecule has 2 aromatic rings. The molecule has 4 nitrogen and oxygen atoms in total. The molecule has 2 N–H and O–H groups in total. The number of benzene rings is 1. The molecule has 4 heteroatoms. The summed E-state index contributed by atoms with van der Waals surface area (Å²) in [6.07, 6.45) is 5.31. The Labute approximate surface area is 118 Å². The molecule has 1 saturated carbocycles. The molecule has 1 heterocycles. The van der Waals surface area contributed by atoms with Gasteiger partial charge in [0.05, 0.1) is 5.92 Å². The highest BCUT2D eigenvalue weighted by Crippen LogP contribution is 2.39. The molecular weight excluding hydrogens is 250 g/mol. The topological polar surface area (TPSA) is 64.9 Å². The van der Waals surface area contributed by atoms with Crippen molar-refractivity contribution in [2.75, 3.05) is 0 Å². The first-order chi connectivity index (χ1) is 9.81. The lowest BCUT2D eigenvalue weighted by molar-refractivity contribution is 0.299. The number of hydrogen-bond acceptors (Lipinski definition) is 4. The molecule has 2 aliphatic rings. The molecule has 0 amide bonds. The lowest BCUT2D eigenvalue weighted by Gasteiger charge is -2.27. The van der Waals surface area contributed by atoms with Crippen LogP contribution in [0.4, 0.5) is 0 Å². The Hall–Kier alpha value is -1.68. The van der Waals surface area contributed by atoms with Crippen LogP contribution < -0.4 is 5.73 Å². The fourth-order valence-corrected chi connectivity index (χ4v) is 3.41. The van der Waals surface area contributed by atoms with E-state index < -0.39 is 0 Å². The van der Waals surface area contributed by atoms with Crippen molar-refractivity contribution in [3.63, 3.8) is 0 Å². The minimum absolute atomic E-state index is 0.328. The molecule has 2 aliphatic carbocycles. The molecule has 0 bridgehead atoms. The lowest BCUT2D eigenvalue weighted by atomic mass is 9.77. The molecule has 1 aromatic carbocycles. The van der Waals surface area contributed by atoms with E-state index in [9.17, 15) is 0 Å². The van der Waals surface area contributed by atoms with Crippen LogP contribution in [0.2, 0.25) is 0 Å². The van der Waals surface area contributed by atoms with E-state index in [1.54, 1.807) is 0 Å². The standard InChI is InChI=1S/C16H19N3O/c17-12-7-5-10(6-8-12)16-18-15(19-20-16)14-9-11-3-1-2-4-13(11)14/h1-4,10,12,14H,5-9,17H2. The van der Waals surface area contributed by atoms with E-state index in [2.05, 4.69) is 34.4 Å². The number of nitrogens with zero attached hydrogens (tertiary/aromatic N) is 2. The Morgan fingerprint density at radius 1 is 1.10 bits per heavy atom. The summed E-state index contributed by atoms with van der Waals surface area (Å²) in [5.41, 5.74) is 8.71. The van der Waals surface area contributed by atoms with Crippen molar-refractivity contribution in [3.8, 4) is 0 Å².